The molecule has 0 amide bonds. The third kappa shape index (κ3) is 5.77. The van der Waals surface area contributed by atoms with E-state index in [0.717, 1.165) is 13.1 Å². The number of nitrogens with one attached hydrogen (secondary N) is 1. The Bertz CT molecular complexity index is 320. The molecule has 0 aliphatic carbocycles. The largest absolute Gasteiger partial charge is 0.383 e. The first kappa shape index (κ1) is 14.1. The molecule has 0 aromatic heterocycles. The van der Waals surface area contributed by atoms with Crippen LogP contribution >= 0.6 is 0 Å². The Morgan fingerprint density at radius 2 is 2.12 bits per heavy atom. The van der Waals surface area contributed by atoms with Gasteiger partial charge >= 0.3 is 0 Å². The van der Waals surface area contributed by atoms with Crippen molar-refractivity contribution in [3.05, 3.63) is 35.6 Å². The minimum Gasteiger partial charge on any atom is -0.383 e. The molecule has 0 saturated carbocycles. The van der Waals surface area contributed by atoms with Gasteiger partial charge in [0.05, 0.1) is 19.3 Å². The van der Waals surface area contributed by atoms with Crippen molar-refractivity contribution in [3.63, 3.8) is 0 Å². The van der Waals surface area contributed by atoms with Crippen LogP contribution in [0.25, 0.3) is 0 Å². The van der Waals surface area contributed by atoms with Gasteiger partial charge in [-0.3, -0.25) is 0 Å². The first-order valence-electron chi connectivity index (χ1n) is 5.78. The Hall–Kier alpha value is -0.970. The molecule has 0 aliphatic rings. The summed E-state index contributed by atoms with van der Waals surface area (Å²) in [5.74, 6) is -0.216. The van der Waals surface area contributed by atoms with Gasteiger partial charge in [0, 0.05) is 25.8 Å². The van der Waals surface area contributed by atoms with Crippen molar-refractivity contribution in [1.82, 2.24) is 5.32 Å². The van der Waals surface area contributed by atoms with Crippen LogP contribution < -0.4 is 5.32 Å². The van der Waals surface area contributed by atoms with E-state index >= 15 is 0 Å². The lowest BCUT2D eigenvalue weighted by Crippen LogP contribution is -2.29. The summed E-state index contributed by atoms with van der Waals surface area (Å²) >= 11 is 0. The summed E-state index contributed by atoms with van der Waals surface area (Å²) in [6.07, 6.45) is 0.0477. The maximum atomic E-state index is 13.3. The molecule has 1 rings (SSSR count). The van der Waals surface area contributed by atoms with Crippen molar-refractivity contribution >= 4 is 0 Å². The summed E-state index contributed by atoms with van der Waals surface area (Å²) in [6.45, 7) is 4.47. The monoisotopic (exact) mass is 241 g/mol. The van der Waals surface area contributed by atoms with E-state index in [2.05, 4.69) is 5.32 Å². The highest BCUT2D eigenvalue weighted by Crippen LogP contribution is 2.08. The molecule has 1 aromatic rings. The van der Waals surface area contributed by atoms with Gasteiger partial charge in [-0.2, -0.15) is 0 Å². The van der Waals surface area contributed by atoms with Gasteiger partial charge in [-0.25, -0.2) is 4.39 Å². The molecule has 0 spiro atoms. The van der Waals surface area contributed by atoms with Gasteiger partial charge in [0.2, 0.25) is 0 Å². The Balaban J connectivity index is 2.19. The van der Waals surface area contributed by atoms with E-state index in [9.17, 15) is 4.39 Å². The van der Waals surface area contributed by atoms with E-state index in [1.165, 1.54) is 6.07 Å². The number of hydrogen-bond acceptors (Lipinski definition) is 3. The number of ether oxygens (including phenoxy) is 2. The topological polar surface area (TPSA) is 30.5 Å². The Morgan fingerprint density at radius 1 is 1.35 bits per heavy atom. The van der Waals surface area contributed by atoms with Crippen molar-refractivity contribution in [2.24, 2.45) is 0 Å². The van der Waals surface area contributed by atoms with Crippen LogP contribution in [-0.2, 0) is 16.1 Å². The molecule has 0 heterocycles. The standard InChI is InChI=1S/C13H20FNO2/c1-11(9-15-7-8-16-2)17-10-12-5-3-4-6-13(12)14/h3-6,11,15H,7-10H2,1-2H3. The van der Waals surface area contributed by atoms with Crippen LogP contribution in [0.15, 0.2) is 24.3 Å². The van der Waals surface area contributed by atoms with Crippen LogP contribution in [0.5, 0.6) is 0 Å². The predicted molar refractivity (Wildman–Crippen MR) is 65.4 cm³/mol. The van der Waals surface area contributed by atoms with Gasteiger partial charge in [0.25, 0.3) is 0 Å². The summed E-state index contributed by atoms with van der Waals surface area (Å²) in [5.41, 5.74) is 0.594. The number of benzene rings is 1. The number of halogens is 1. The second kappa shape index (κ2) is 8.17. The summed E-state index contributed by atoms with van der Waals surface area (Å²) in [4.78, 5) is 0. The lowest BCUT2D eigenvalue weighted by Gasteiger charge is -2.14. The van der Waals surface area contributed by atoms with Crippen LogP contribution in [0.1, 0.15) is 12.5 Å². The minimum absolute atomic E-state index is 0.0477. The molecule has 1 atom stereocenters. The van der Waals surface area contributed by atoms with Gasteiger partial charge in [0.15, 0.2) is 0 Å². The van der Waals surface area contributed by atoms with Gasteiger partial charge in [-0.1, -0.05) is 18.2 Å². The van der Waals surface area contributed by atoms with Gasteiger partial charge < -0.3 is 14.8 Å². The van der Waals surface area contributed by atoms with E-state index in [0.29, 0.717) is 18.8 Å². The van der Waals surface area contributed by atoms with E-state index in [1.54, 1.807) is 19.2 Å². The molecule has 17 heavy (non-hydrogen) atoms. The quantitative estimate of drug-likeness (QED) is 0.706. The van der Waals surface area contributed by atoms with Crippen molar-refractivity contribution in [2.45, 2.75) is 19.6 Å². The van der Waals surface area contributed by atoms with Crippen LogP contribution in [0.4, 0.5) is 4.39 Å². The van der Waals surface area contributed by atoms with E-state index in [-0.39, 0.29) is 11.9 Å². The molecule has 0 aliphatic heterocycles. The van der Waals surface area contributed by atoms with Crippen LogP contribution in [0.2, 0.25) is 0 Å². The van der Waals surface area contributed by atoms with Crippen LogP contribution in [0.3, 0.4) is 0 Å². The van der Waals surface area contributed by atoms with E-state index in [1.807, 2.05) is 13.0 Å². The lowest BCUT2D eigenvalue weighted by molar-refractivity contribution is 0.0504. The summed E-state index contributed by atoms with van der Waals surface area (Å²) in [6, 6.07) is 6.67. The molecule has 0 saturated heterocycles. The zero-order valence-corrected chi connectivity index (χ0v) is 10.4. The molecule has 4 heteroatoms. The fourth-order valence-corrected chi connectivity index (χ4v) is 1.39. The minimum atomic E-state index is -0.216. The molecule has 0 bridgehead atoms. The van der Waals surface area contributed by atoms with Gasteiger partial charge in [-0.15, -0.1) is 0 Å². The first-order chi connectivity index (χ1) is 8.24. The van der Waals surface area contributed by atoms with Crippen LogP contribution in [-0.4, -0.2) is 32.9 Å². The maximum absolute atomic E-state index is 13.3. The molecule has 1 aromatic carbocycles. The molecular formula is C13H20FNO2. The average molecular weight is 241 g/mol. The smallest absolute Gasteiger partial charge is 0.128 e. The molecule has 3 nitrogen and oxygen atoms in total. The number of rotatable bonds is 8. The number of methoxy groups -OCH3 is 1. The van der Waals surface area contributed by atoms with Gasteiger partial charge in [-0.05, 0) is 13.0 Å². The summed E-state index contributed by atoms with van der Waals surface area (Å²) < 4.78 is 23.7. The molecular weight excluding hydrogens is 221 g/mol. The fourth-order valence-electron chi connectivity index (χ4n) is 1.39. The molecule has 1 N–H and O–H groups in total. The fraction of sp³-hybridized carbons (Fsp3) is 0.538. The highest BCUT2D eigenvalue weighted by molar-refractivity contribution is 5.16. The SMILES string of the molecule is COCCNCC(C)OCc1ccccc1F. The highest BCUT2D eigenvalue weighted by atomic mass is 19.1. The average Bonchev–Trinajstić information content (AvgIpc) is 2.34. The lowest BCUT2D eigenvalue weighted by atomic mass is 10.2. The second-order valence-electron chi connectivity index (χ2n) is 3.91. The molecule has 96 valence electrons. The van der Waals surface area contributed by atoms with Crippen molar-refractivity contribution in [2.75, 3.05) is 26.8 Å². The third-order valence-corrected chi connectivity index (χ3v) is 2.40. The van der Waals surface area contributed by atoms with Crippen LogP contribution in [0, 0.1) is 5.82 Å². The van der Waals surface area contributed by atoms with Crippen molar-refractivity contribution < 1.29 is 13.9 Å². The Kier molecular flexibility index (Phi) is 6.77. The first-order valence-corrected chi connectivity index (χ1v) is 5.78. The predicted octanol–water partition coefficient (Wildman–Crippen LogP) is 1.97. The van der Waals surface area contributed by atoms with Gasteiger partial charge in [0.1, 0.15) is 5.82 Å². The normalized spacial score (nSPS) is 12.6. The molecule has 0 fully saturated rings. The summed E-state index contributed by atoms with van der Waals surface area (Å²) in [7, 11) is 1.67. The number of hydrogen-bond donors (Lipinski definition) is 1. The highest BCUT2D eigenvalue weighted by Gasteiger charge is 2.05. The molecule has 0 radical (unpaired) electrons. The van der Waals surface area contributed by atoms with E-state index in [4.69, 9.17) is 9.47 Å². The Morgan fingerprint density at radius 3 is 2.82 bits per heavy atom. The summed E-state index contributed by atoms with van der Waals surface area (Å²) in [5, 5.41) is 3.19. The molecule has 1 unspecified atom stereocenters. The zero-order chi connectivity index (χ0) is 12.5. The second-order valence-corrected chi connectivity index (χ2v) is 3.91. The zero-order valence-electron chi connectivity index (χ0n) is 10.4. The third-order valence-electron chi connectivity index (χ3n) is 2.40. The van der Waals surface area contributed by atoms with E-state index < -0.39 is 0 Å². The van der Waals surface area contributed by atoms with Crippen molar-refractivity contribution in [3.8, 4) is 0 Å². The van der Waals surface area contributed by atoms with Crippen molar-refractivity contribution in [1.29, 1.82) is 0 Å². The maximum Gasteiger partial charge on any atom is 0.128 e. The Labute approximate surface area is 102 Å².